The van der Waals surface area contributed by atoms with Crippen molar-refractivity contribution in [1.29, 1.82) is 0 Å². The van der Waals surface area contributed by atoms with E-state index in [1.165, 1.54) is 64.2 Å². The zero-order chi connectivity index (χ0) is 25.0. The molecule has 0 bridgehead atoms. The summed E-state index contributed by atoms with van der Waals surface area (Å²) in [4.78, 5) is 24.4. The smallest absolute Gasteiger partial charge is 0.338 e. The minimum absolute atomic E-state index is 0.328. The van der Waals surface area contributed by atoms with Crippen molar-refractivity contribution in [1.82, 2.24) is 0 Å². The van der Waals surface area contributed by atoms with E-state index >= 15 is 0 Å². The monoisotopic (exact) mass is 474 g/mol. The quantitative estimate of drug-likeness (QED) is 0.140. The van der Waals surface area contributed by atoms with E-state index in [2.05, 4.69) is 27.7 Å². The molecule has 1 aromatic rings. The fraction of sp³-hybridized carbons (Fsp3) is 0.733. The molecule has 0 aromatic heterocycles. The maximum Gasteiger partial charge on any atom is 0.338 e. The van der Waals surface area contributed by atoms with Crippen LogP contribution in [-0.4, -0.2) is 25.2 Å². The summed E-state index contributed by atoms with van der Waals surface area (Å²) >= 11 is 0. The second-order valence-corrected chi connectivity index (χ2v) is 10.5. The van der Waals surface area contributed by atoms with Gasteiger partial charge in [-0.15, -0.1) is 0 Å². The molecular formula is C30H50O4. The third-order valence-electron chi connectivity index (χ3n) is 6.17. The lowest BCUT2D eigenvalue weighted by Gasteiger charge is -2.07. The zero-order valence-electron chi connectivity index (χ0n) is 22.4. The second kappa shape index (κ2) is 19.5. The van der Waals surface area contributed by atoms with Crippen LogP contribution in [0, 0.1) is 11.8 Å². The summed E-state index contributed by atoms with van der Waals surface area (Å²) in [6, 6.07) is 6.57. The van der Waals surface area contributed by atoms with Gasteiger partial charge in [-0.3, -0.25) is 0 Å². The van der Waals surface area contributed by atoms with Crippen molar-refractivity contribution in [3.8, 4) is 0 Å². The minimum Gasteiger partial charge on any atom is -0.462 e. The Kier molecular flexibility index (Phi) is 17.3. The van der Waals surface area contributed by atoms with E-state index < -0.39 is 0 Å². The molecule has 194 valence electrons. The molecule has 34 heavy (non-hydrogen) atoms. The van der Waals surface area contributed by atoms with E-state index in [1.807, 2.05) is 0 Å². The number of unbranched alkanes of at least 4 members (excludes halogenated alkanes) is 10. The van der Waals surface area contributed by atoms with Crippen LogP contribution < -0.4 is 0 Å². The zero-order valence-corrected chi connectivity index (χ0v) is 22.4. The van der Waals surface area contributed by atoms with Gasteiger partial charge in [-0.05, 0) is 48.9 Å². The Balaban J connectivity index is 2.10. The van der Waals surface area contributed by atoms with Gasteiger partial charge in [0, 0.05) is 0 Å². The standard InChI is InChI=1S/C30H50O4/c1-25(2)17-13-9-5-7-11-15-23-33-29(31)27-19-21-28(22-20-27)30(32)34-24-16-12-8-6-10-14-18-26(3)4/h19-22,25-26H,5-18,23-24H2,1-4H3. The van der Waals surface area contributed by atoms with Gasteiger partial charge in [-0.1, -0.05) is 105 Å². The molecule has 0 radical (unpaired) electrons. The summed E-state index contributed by atoms with van der Waals surface area (Å²) < 4.78 is 10.7. The molecule has 0 unspecified atom stereocenters. The number of ether oxygens (including phenoxy) is 2. The summed E-state index contributed by atoms with van der Waals surface area (Å²) in [7, 11) is 0. The van der Waals surface area contributed by atoms with Gasteiger partial charge in [0.2, 0.25) is 0 Å². The summed E-state index contributed by atoms with van der Waals surface area (Å²) in [6.07, 6.45) is 16.8. The van der Waals surface area contributed by atoms with Crippen molar-refractivity contribution < 1.29 is 19.1 Å². The van der Waals surface area contributed by atoms with Crippen molar-refractivity contribution in [3.05, 3.63) is 35.4 Å². The minimum atomic E-state index is -0.328. The Morgan fingerprint density at radius 2 is 0.824 bits per heavy atom. The number of rotatable bonds is 20. The third-order valence-corrected chi connectivity index (χ3v) is 6.17. The molecule has 1 aromatic carbocycles. The van der Waals surface area contributed by atoms with Crippen LogP contribution in [0.15, 0.2) is 24.3 Å². The van der Waals surface area contributed by atoms with E-state index in [0.717, 1.165) is 37.5 Å². The number of carbonyl (C=O) groups is 2. The van der Waals surface area contributed by atoms with Gasteiger partial charge in [0.05, 0.1) is 24.3 Å². The van der Waals surface area contributed by atoms with Gasteiger partial charge in [-0.25, -0.2) is 9.59 Å². The number of hydrogen-bond acceptors (Lipinski definition) is 4. The average molecular weight is 475 g/mol. The predicted molar refractivity (Wildman–Crippen MR) is 141 cm³/mol. The molecule has 0 atom stereocenters. The maximum absolute atomic E-state index is 12.2. The summed E-state index contributed by atoms with van der Waals surface area (Å²) in [5.74, 6) is 0.932. The molecule has 4 nitrogen and oxygen atoms in total. The Labute approximate surface area is 209 Å². The molecule has 0 saturated carbocycles. The number of hydrogen-bond donors (Lipinski definition) is 0. The SMILES string of the molecule is CC(C)CCCCCCCCOC(=O)c1ccc(C(=O)OCCCCCCCCC(C)C)cc1. The predicted octanol–water partition coefficient (Wildman–Crippen LogP) is 8.77. The van der Waals surface area contributed by atoms with Crippen LogP contribution in [0.2, 0.25) is 0 Å². The third kappa shape index (κ3) is 15.9. The Bertz CT molecular complexity index is 591. The second-order valence-electron chi connectivity index (χ2n) is 10.5. The first-order chi connectivity index (χ1) is 16.4. The first-order valence-electron chi connectivity index (χ1n) is 13.8. The molecule has 0 aliphatic rings. The van der Waals surface area contributed by atoms with Crippen LogP contribution in [0.4, 0.5) is 0 Å². The highest BCUT2D eigenvalue weighted by Gasteiger charge is 2.11. The molecule has 1 rings (SSSR count). The first kappa shape index (κ1) is 30.2. The van der Waals surface area contributed by atoms with Crippen molar-refractivity contribution in [2.45, 2.75) is 118 Å². The molecule has 0 amide bonds. The van der Waals surface area contributed by atoms with E-state index in [9.17, 15) is 9.59 Å². The van der Waals surface area contributed by atoms with Crippen LogP contribution in [0.1, 0.15) is 138 Å². The first-order valence-corrected chi connectivity index (χ1v) is 13.8. The van der Waals surface area contributed by atoms with Gasteiger partial charge < -0.3 is 9.47 Å². The summed E-state index contributed by atoms with van der Waals surface area (Å²) in [6.45, 7) is 9.98. The van der Waals surface area contributed by atoms with Gasteiger partial charge in [0.1, 0.15) is 0 Å². The molecule has 0 aliphatic carbocycles. The molecule has 0 saturated heterocycles. The average Bonchev–Trinajstić information content (AvgIpc) is 2.81. The highest BCUT2D eigenvalue weighted by Crippen LogP contribution is 2.13. The van der Waals surface area contributed by atoms with Crippen LogP contribution in [0.25, 0.3) is 0 Å². The van der Waals surface area contributed by atoms with Crippen LogP contribution in [0.3, 0.4) is 0 Å². The van der Waals surface area contributed by atoms with Crippen LogP contribution >= 0.6 is 0 Å². The maximum atomic E-state index is 12.2. The van der Waals surface area contributed by atoms with Crippen molar-refractivity contribution in [2.75, 3.05) is 13.2 Å². The Morgan fingerprint density at radius 1 is 0.529 bits per heavy atom. The molecule has 0 spiro atoms. The normalized spacial score (nSPS) is 11.2. The van der Waals surface area contributed by atoms with Gasteiger partial charge in [-0.2, -0.15) is 0 Å². The van der Waals surface area contributed by atoms with E-state index in [1.54, 1.807) is 24.3 Å². The lowest BCUT2D eigenvalue weighted by atomic mass is 10.0. The van der Waals surface area contributed by atoms with E-state index in [-0.39, 0.29) is 11.9 Å². The van der Waals surface area contributed by atoms with Crippen molar-refractivity contribution in [2.24, 2.45) is 11.8 Å². The van der Waals surface area contributed by atoms with Crippen LogP contribution in [0.5, 0.6) is 0 Å². The highest BCUT2D eigenvalue weighted by atomic mass is 16.5. The molecule has 0 N–H and O–H groups in total. The Morgan fingerprint density at radius 3 is 1.15 bits per heavy atom. The van der Waals surface area contributed by atoms with Crippen molar-refractivity contribution in [3.63, 3.8) is 0 Å². The fourth-order valence-electron chi connectivity index (χ4n) is 3.96. The lowest BCUT2D eigenvalue weighted by Crippen LogP contribution is -2.09. The largest absolute Gasteiger partial charge is 0.462 e. The number of carbonyl (C=O) groups excluding carboxylic acids is 2. The molecule has 0 aliphatic heterocycles. The summed E-state index contributed by atoms with van der Waals surface area (Å²) in [5, 5.41) is 0. The summed E-state index contributed by atoms with van der Waals surface area (Å²) in [5.41, 5.74) is 0.949. The molecule has 0 fully saturated rings. The van der Waals surface area contributed by atoms with Gasteiger partial charge in [0.15, 0.2) is 0 Å². The topological polar surface area (TPSA) is 52.6 Å². The number of esters is 2. The van der Waals surface area contributed by atoms with Crippen molar-refractivity contribution >= 4 is 11.9 Å². The highest BCUT2D eigenvalue weighted by molar-refractivity contribution is 5.93. The lowest BCUT2D eigenvalue weighted by molar-refractivity contribution is 0.0483. The molecule has 0 heterocycles. The van der Waals surface area contributed by atoms with E-state index in [4.69, 9.17) is 9.47 Å². The van der Waals surface area contributed by atoms with Gasteiger partial charge >= 0.3 is 11.9 Å². The van der Waals surface area contributed by atoms with E-state index in [0.29, 0.717) is 24.3 Å². The Hall–Kier alpha value is -1.84. The molecular weight excluding hydrogens is 424 g/mol. The van der Waals surface area contributed by atoms with Crippen LogP contribution in [-0.2, 0) is 9.47 Å². The van der Waals surface area contributed by atoms with Gasteiger partial charge in [0.25, 0.3) is 0 Å². The number of benzene rings is 1. The molecule has 4 heteroatoms. The fourth-order valence-corrected chi connectivity index (χ4v) is 3.96.